The second-order valence-corrected chi connectivity index (χ2v) is 3.85. The van der Waals surface area contributed by atoms with Crippen LogP contribution >= 0.6 is 0 Å². The molecule has 1 aliphatic rings. The maximum Gasteiger partial charge on any atom is 0.331 e. The molecule has 1 atom stereocenters. The molecule has 0 bridgehead atoms. The van der Waals surface area contributed by atoms with Crippen molar-refractivity contribution in [3.63, 3.8) is 0 Å². The second kappa shape index (κ2) is 6.18. The zero-order valence-corrected chi connectivity index (χ0v) is 9.03. The summed E-state index contributed by atoms with van der Waals surface area (Å²) in [6.07, 6.45) is 5.54. The molecule has 15 heavy (non-hydrogen) atoms. The lowest BCUT2D eigenvalue weighted by molar-refractivity contribution is -0.141. The molecule has 0 spiro atoms. The zero-order chi connectivity index (χ0) is 11.1. The molecule has 4 nitrogen and oxygen atoms in total. The predicted octanol–water partition coefficient (Wildman–Crippen LogP) is 2.40. The summed E-state index contributed by atoms with van der Waals surface area (Å²) in [5.74, 6) is -0.255. The standard InChI is InChI=1S/C11H16N2O2/c1-9(14)15-13-11-5-3-2-4-10(8-12)6-7-11/h10H,2-7H2,1H3. The molecule has 0 aromatic carbocycles. The van der Waals surface area contributed by atoms with Crippen LogP contribution in [0.25, 0.3) is 0 Å². The zero-order valence-electron chi connectivity index (χ0n) is 9.03. The molecule has 1 aliphatic carbocycles. The molecule has 82 valence electrons. The van der Waals surface area contributed by atoms with Gasteiger partial charge in [-0.2, -0.15) is 5.26 Å². The van der Waals surface area contributed by atoms with Gasteiger partial charge in [0.25, 0.3) is 0 Å². The molecule has 1 rings (SSSR count). The van der Waals surface area contributed by atoms with Gasteiger partial charge < -0.3 is 4.84 Å². The minimum absolute atomic E-state index is 0.132. The van der Waals surface area contributed by atoms with Crippen molar-refractivity contribution in [2.75, 3.05) is 0 Å². The average molecular weight is 208 g/mol. The summed E-state index contributed by atoms with van der Waals surface area (Å²) in [4.78, 5) is 15.2. The Balaban J connectivity index is 2.48. The molecule has 1 unspecified atom stereocenters. The Morgan fingerprint density at radius 3 is 2.93 bits per heavy atom. The summed E-state index contributed by atoms with van der Waals surface area (Å²) in [5, 5.41) is 12.6. The van der Waals surface area contributed by atoms with Gasteiger partial charge in [0.2, 0.25) is 0 Å². The van der Waals surface area contributed by atoms with Crippen molar-refractivity contribution in [1.29, 1.82) is 5.26 Å². The highest BCUT2D eigenvalue weighted by Gasteiger charge is 2.13. The summed E-state index contributed by atoms with van der Waals surface area (Å²) in [6, 6.07) is 2.29. The molecule has 0 radical (unpaired) electrons. The van der Waals surface area contributed by atoms with Crippen LogP contribution in [0.5, 0.6) is 0 Å². The van der Waals surface area contributed by atoms with Crippen molar-refractivity contribution in [2.45, 2.75) is 45.4 Å². The Bertz CT molecular complexity index is 291. The number of rotatable bonds is 1. The van der Waals surface area contributed by atoms with Gasteiger partial charge in [-0.1, -0.05) is 11.6 Å². The maximum absolute atomic E-state index is 10.6. The topological polar surface area (TPSA) is 62.4 Å². The molecule has 1 fully saturated rings. The molecular formula is C11H16N2O2. The smallest absolute Gasteiger partial charge is 0.319 e. The molecule has 0 aliphatic heterocycles. The monoisotopic (exact) mass is 208 g/mol. The van der Waals surface area contributed by atoms with Gasteiger partial charge in [-0.05, 0) is 32.1 Å². The van der Waals surface area contributed by atoms with Crippen LogP contribution in [-0.2, 0) is 9.63 Å². The van der Waals surface area contributed by atoms with Gasteiger partial charge in [0, 0.05) is 12.8 Å². The van der Waals surface area contributed by atoms with E-state index in [1.807, 2.05) is 0 Å². The number of carbonyl (C=O) groups is 1. The van der Waals surface area contributed by atoms with Crippen molar-refractivity contribution in [3.05, 3.63) is 0 Å². The molecule has 0 saturated heterocycles. The van der Waals surface area contributed by atoms with E-state index < -0.39 is 0 Å². The van der Waals surface area contributed by atoms with Gasteiger partial charge in [-0.3, -0.25) is 0 Å². The summed E-state index contributed by atoms with van der Waals surface area (Å²) in [5.41, 5.74) is 0.908. The molecular weight excluding hydrogens is 192 g/mol. The summed E-state index contributed by atoms with van der Waals surface area (Å²) in [6.45, 7) is 1.34. The molecule has 0 aromatic rings. The van der Waals surface area contributed by atoms with Crippen molar-refractivity contribution < 1.29 is 9.63 Å². The van der Waals surface area contributed by atoms with E-state index in [0.717, 1.165) is 44.2 Å². The largest absolute Gasteiger partial charge is 0.331 e. The Morgan fingerprint density at radius 1 is 1.47 bits per heavy atom. The minimum atomic E-state index is -0.388. The van der Waals surface area contributed by atoms with Gasteiger partial charge >= 0.3 is 5.97 Å². The van der Waals surface area contributed by atoms with Gasteiger partial charge in [0.1, 0.15) is 0 Å². The van der Waals surface area contributed by atoms with E-state index >= 15 is 0 Å². The van der Waals surface area contributed by atoms with E-state index in [2.05, 4.69) is 16.1 Å². The summed E-state index contributed by atoms with van der Waals surface area (Å²) < 4.78 is 0. The Morgan fingerprint density at radius 2 is 2.27 bits per heavy atom. The molecule has 4 heteroatoms. The fourth-order valence-corrected chi connectivity index (χ4v) is 1.68. The van der Waals surface area contributed by atoms with Crippen LogP contribution in [0, 0.1) is 17.2 Å². The maximum atomic E-state index is 10.6. The predicted molar refractivity (Wildman–Crippen MR) is 56.0 cm³/mol. The Hall–Kier alpha value is -1.37. The van der Waals surface area contributed by atoms with E-state index in [-0.39, 0.29) is 11.9 Å². The highest BCUT2D eigenvalue weighted by Crippen LogP contribution is 2.20. The molecule has 0 heterocycles. The lowest BCUT2D eigenvalue weighted by atomic mass is 9.91. The number of hydrogen-bond donors (Lipinski definition) is 0. The summed E-state index contributed by atoms with van der Waals surface area (Å²) >= 11 is 0. The fraction of sp³-hybridized carbons (Fsp3) is 0.727. The van der Waals surface area contributed by atoms with E-state index in [1.165, 1.54) is 6.92 Å². The first kappa shape index (κ1) is 11.7. The van der Waals surface area contributed by atoms with E-state index in [1.54, 1.807) is 0 Å². The lowest BCUT2D eigenvalue weighted by Crippen LogP contribution is -2.09. The first-order valence-corrected chi connectivity index (χ1v) is 5.35. The van der Waals surface area contributed by atoms with Crippen LogP contribution < -0.4 is 0 Å². The quantitative estimate of drug-likeness (QED) is 0.491. The first-order chi connectivity index (χ1) is 7.22. The third kappa shape index (κ3) is 4.59. The number of nitriles is 1. The van der Waals surface area contributed by atoms with Crippen molar-refractivity contribution in [3.8, 4) is 6.07 Å². The Labute approximate surface area is 89.9 Å². The molecule has 0 amide bonds. The second-order valence-electron chi connectivity index (χ2n) is 3.85. The minimum Gasteiger partial charge on any atom is -0.319 e. The third-order valence-corrected chi connectivity index (χ3v) is 2.54. The number of oxime groups is 1. The van der Waals surface area contributed by atoms with Crippen molar-refractivity contribution in [2.24, 2.45) is 11.1 Å². The molecule has 0 N–H and O–H groups in total. The van der Waals surface area contributed by atoms with Crippen LogP contribution in [0.15, 0.2) is 5.16 Å². The SMILES string of the molecule is CC(=O)ON=C1CCCCC(C#N)CC1. The van der Waals surface area contributed by atoms with Crippen molar-refractivity contribution >= 4 is 11.7 Å². The average Bonchev–Trinajstić information content (AvgIpc) is 2.16. The van der Waals surface area contributed by atoms with Gasteiger partial charge in [-0.25, -0.2) is 4.79 Å². The van der Waals surface area contributed by atoms with Crippen LogP contribution in [0.1, 0.15) is 45.4 Å². The normalized spacial score (nSPS) is 25.1. The van der Waals surface area contributed by atoms with Crippen LogP contribution in [0.3, 0.4) is 0 Å². The fourth-order valence-electron chi connectivity index (χ4n) is 1.68. The highest BCUT2D eigenvalue weighted by atomic mass is 16.7. The highest BCUT2D eigenvalue weighted by molar-refractivity contribution is 5.84. The first-order valence-electron chi connectivity index (χ1n) is 5.35. The lowest BCUT2D eigenvalue weighted by Gasteiger charge is -2.13. The van der Waals surface area contributed by atoms with Crippen molar-refractivity contribution in [1.82, 2.24) is 0 Å². The molecule has 0 aromatic heterocycles. The van der Waals surface area contributed by atoms with Crippen LogP contribution in [0.4, 0.5) is 0 Å². The molecule has 1 saturated carbocycles. The number of carbonyl (C=O) groups excluding carboxylic acids is 1. The van der Waals surface area contributed by atoms with Gasteiger partial charge in [0.05, 0.1) is 11.8 Å². The summed E-state index contributed by atoms with van der Waals surface area (Å²) in [7, 11) is 0. The van der Waals surface area contributed by atoms with Crippen LogP contribution in [0.2, 0.25) is 0 Å². The third-order valence-electron chi connectivity index (χ3n) is 2.54. The number of hydrogen-bond acceptors (Lipinski definition) is 4. The van der Waals surface area contributed by atoms with E-state index in [4.69, 9.17) is 5.26 Å². The van der Waals surface area contributed by atoms with Crippen LogP contribution in [-0.4, -0.2) is 11.7 Å². The van der Waals surface area contributed by atoms with E-state index in [0.29, 0.717) is 0 Å². The van der Waals surface area contributed by atoms with E-state index in [9.17, 15) is 4.79 Å². The van der Waals surface area contributed by atoms with Gasteiger partial charge in [0.15, 0.2) is 0 Å². The Kier molecular flexibility index (Phi) is 4.82. The van der Waals surface area contributed by atoms with Gasteiger partial charge in [-0.15, -0.1) is 0 Å². The number of nitrogens with zero attached hydrogens (tertiary/aromatic N) is 2.